The van der Waals surface area contributed by atoms with Gasteiger partial charge in [0.1, 0.15) is 12.4 Å². The predicted molar refractivity (Wildman–Crippen MR) is 62.8 cm³/mol. The number of halogens is 3. The zero-order valence-electron chi connectivity index (χ0n) is 10.0. The van der Waals surface area contributed by atoms with Crippen LogP contribution in [0.15, 0.2) is 18.2 Å². The number of fused-ring (bicyclic) bond motifs is 1. The summed E-state index contributed by atoms with van der Waals surface area (Å²) in [5.74, 6) is 0.665. The topological polar surface area (TPSA) is 24.5 Å². The number of rotatable bonds is 3. The highest BCUT2D eigenvalue weighted by molar-refractivity contribution is 5.61. The van der Waals surface area contributed by atoms with Crippen molar-refractivity contribution in [1.82, 2.24) is 4.90 Å². The summed E-state index contributed by atoms with van der Waals surface area (Å²) in [6, 6.07) is 5.47. The first-order valence-corrected chi connectivity index (χ1v) is 5.69. The van der Waals surface area contributed by atoms with E-state index in [2.05, 4.69) is 5.32 Å². The van der Waals surface area contributed by atoms with E-state index in [-0.39, 0.29) is 6.54 Å². The van der Waals surface area contributed by atoms with Crippen molar-refractivity contribution in [2.75, 3.05) is 32.1 Å². The molecule has 6 heteroatoms. The Morgan fingerprint density at radius 3 is 2.89 bits per heavy atom. The number of hydrogen-bond acceptors (Lipinski definition) is 3. The van der Waals surface area contributed by atoms with E-state index >= 15 is 0 Å². The molecule has 0 saturated carbocycles. The van der Waals surface area contributed by atoms with Crippen molar-refractivity contribution in [3.05, 3.63) is 23.8 Å². The first-order chi connectivity index (χ1) is 8.46. The summed E-state index contributed by atoms with van der Waals surface area (Å²) in [7, 11) is 1.45. The second-order valence-electron chi connectivity index (χ2n) is 4.36. The van der Waals surface area contributed by atoms with Gasteiger partial charge in [-0.15, -0.1) is 0 Å². The number of ether oxygens (including phenoxy) is 1. The fraction of sp³-hybridized carbons (Fsp3) is 0.500. The number of nitrogens with one attached hydrogen (secondary N) is 1. The Morgan fingerprint density at radius 1 is 1.39 bits per heavy atom. The Balaban J connectivity index is 2.09. The predicted octanol–water partition coefficient (Wildman–Crippen LogP) is 2.49. The van der Waals surface area contributed by atoms with E-state index in [1.807, 2.05) is 12.1 Å². The minimum atomic E-state index is -4.18. The standard InChI is InChI=1S/C12H15F3N2O/c1-17(8-12(13,14)15)7-9-3-2-4-10-11(9)18-6-5-16-10/h2-4,16H,5-8H2,1H3. The molecular weight excluding hydrogens is 245 g/mol. The quantitative estimate of drug-likeness (QED) is 0.903. The average Bonchev–Trinajstić information content (AvgIpc) is 2.27. The van der Waals surface area contributed by atoms with Gasteiger partial charge < -0.3 is 10.1 Å². The molecule has 1 N–H and O–H groups in total. The van der Waals surface area contributed by atoms with Crippen molar-refractivity contribution < 1.29 is 17.9 Å². The largest absolute Gasteiger partial charge is 0.489 e. The second kappa shape index (κ2) is 5.06. The van der Waals surface area contributed by atoms with Gasteiger partial charge in [-0.05, 0) is 13.1 Å². The molecule has 0 spiro atoms. The monoisotopic (exact) mass is 260 g/mol. The fourth-order valence-corrected chi connectivity index (χ4v) is 2.01. The van der Waals surface area contributed by atoms with Crippen molar-refractivity contribution in [3.63, 3.8) is 0 Å². The molecule has 100 valence electrons. The summed E-state index contributed by atoms with van der Waals surface area (Å²) in [6.07, 6.45) is -4.18. The SMILES string of the molecule is CN(Cc1cccc2c1OCCN2)CC(F)(F)F. The average molecular weight is 260 g/mol. The van der Waals surface area contributed by atoms with Gasteiger partial charge in [0.15, 0.2) is 0 Å². The van der Waals surface area contributed by atoms with Gasteiger partial charge in [-0.2, -0.15) is 13.2 Å². The molecule has 1 heterocycles. The van der Waals surface area contributed by atoms with Crippen molar-refractivity contribution in [2.24, 2.45) is 0 Å². The Bertz CT molecular complexity index is 420. The number of alkyl halides is 3. The highest BCUT2D eigenvalue weighted by Crippen LogP contribution is 2.32. The summed E-state index contributed by atoms with van der Waals surface area (Å²) in [4.78, 5) is 1.23. The normalized spacial score (nSPS) is 14.9. The molecule has 0 aromatic heterocycles. The molecule has 1 aromatic rings. The van der Waals surface area contributed by atoms with Crippen LogP contribution in [0.4, 0.5) is 18.9 Å². The molecule has 18 heavy (non-hydrogen) atoms. The van der Waals surface area contributed by atoms with Crippen LogP contribution >= 0.6 is 0 Å². The van der Waals surface area contributed by atoms with Crippen molar-refractivity contribution in [2.45, 2.75) is 12.7 Å². The highest BCUT2D eigenvalue weighted by atomic mass is 19.4. The van der Waals surface area contributed by atoms with E-state index in [9.17, 15) is 13.2 Å². The van der Waals surface area contributed by atoms with E-state index in [0.717, 1.165) is 17.8 Å². The number of anilines is 1. The molecule has 0 saturated heterocycles. The van der Waals surface area contributed by atoms with E-state index < -0.39 is 12.7 Å². The maximum atomic E-state index is 12.3. The van der Waals surface area contributed by atoms with Crippen LogP contribution in [-0.4, -0.2) is 37.8 Å². The first kappa shape index (κ1) is 13.0. The molecule has 1 aromatic carbocycles. The van der Waals surface area contributed by atoms with Crippen molar-refractivity contribution >= 4 is 5.69 Å². The lowest BCUT2D eigenvalue weighted by Crippen LogP contribution is -2.31. The lowest BCUT2D eigenvalue weighted by Gasteiger charge is -2.24. The number of nitrogens with zero attached hydrogens (tertiary/aromatic N) is 1. The van der Waals surface area contributed by atoms with Crippen LogP contribution in [0.3, 0.4) is 0 Å². The van der Waals surface area contributed by atoms with Gasteiger partial charge in [-0.1, -0.05) is 12.1 Å². The van der Waals surface area contributed by atoms with Gasteiger partial charge in [0.05, 0.1) is 12.2 Å². The molecule has 0 bridgehead atoms. The zero-order chi connectivity index (χ0) is 13.2. The van der Waals surface area contributed by atoms with Gasteiger partial charge in [0.2, 0.25) is 0 Å². The smallest absolute Gasteiger partial charge is 0.401 e. The molecular formula is C12H15F3N2O. The number of benzene rings is 1. The first-order valence-electron chi connectivity index (χ1n) is 5.69. The van der Waals surface area contributed by atoms with Crippen LogP contribution in [0.5, 0.6) is 5.75 Å². The van der Waals surface area contributed by atoms with Crippen LogP contribution < -0.4 is 10.1 Å². The fourth-order valence-electron chi connectivity index (χ4n) is 2.01. The Morgan fingerprint density at radius 2 is 2.17 bits per heavy atom. The Labute approximate surface area is 104 Å². The Hall–Kier alpha value is -1.43. The molecule has 1 aliphatic heterocycles. The van der Waals surface area contributed by atoms with Crippen LogP contribution in [0.2, 0.25) is 0 Å². The molecule has 3 nitrogen and oxygen atoms in total. The summed E-state index contributed by atoms with van der Waals surface area (Å²) < 4.78 is 42.3. The molecule has 2 rings (SSSR count). The lowest BCUT2D eigenvalue weighted by atomic mass is 10.1. The third kappa shape index (κ3) is 3.29. The molecule has 0 unspecified atom stereocenters. The maximum absolute atomic E-state index is 12.3. The molecule has 0 radical (unpaired) electrons. The summed E-state index contributed by atoms with van der Waals surface area (Å²) in [6.45, 7) is 0.538. The highest BCUT2D eigenvalue weighted by Gasteiger charge is 2.29. The Kier molecular flexibility index (Phi) is 3.65. The van der Waals surface area contributed by atoms with Crippen molar-refractivity contribution in [3.8, 4) is 5.75 Å². The van der Waals surface area contributed by atoms with Crippen LogP contribution in [0.1, 0.15) is 5.56 Å². The number of para-hydroxylation sites is 1. The minimum absolute atomic E-state index is 0.213. The van der Waals surface area contributed by atoms with Gasteiger partial charge in [0.25, 0.3) is 0 Å². The summed E-state index contributed by atoms with van der Waals surface area (Å²) in [5, 5.41) is 3.16. The van der Waals surface area contributed by atoms with Gasteiger partial charge in [-0.25, -0.2) is 0 Å². The van der Waals surface area contributed by atoms with E-state index in [4.69, 9.17) is 4.74 Å². The lowest BCUT2D eigenvalue weighted by molar-refractivity contribution is -0.144. The van der Waals surface area contributed by atoms with Crippen LogP contribution in [0, 0.1) is 0 Å². The van der Waals surface area contributed by atoms with Gasteiger partial charge in [-0.3, -0.25) is 4.90 Å². The third-order valence-corrected chi connectivity index (χ3v) is 2.65. The zero-order valence-corrected chi connectivity index (χ0v) is 10.0. The third-order valence-electron chi connectivity index (χ3n) is 2.65. The van der Waals surface area contributed by atoms with E-state index in [1.165, 1.54) is 11.9 Å². The molecule has 0 atom stereocenters. The second-order valence-corrected chi connectivity index (χ2v) is 4.36. The summed E-state index contributed by atoms with van der Waals surface area (Å²) >= 11 is 0. The maximum Gasteiger partial charge on any atom is 0.401 e. The molecule has 0 amide bonds. The number of hydrogen-bond donors (Lipinski definition) is 1. The molecule has 0 fully saturated rings. The van der Waals surface area contributed by atoms with Crippen LogP contribution in [-0.2, 0) is 6.54 Å². The van der Waals surface area contributed by atoms with E-state index in [1.54, 1.807) is 6.07 Å². The summed E-state index contributed by atoms with van der Waals surface area (Å²) in [5.41, 5.74) is 1.62. The van der Waals surface area contributed by atoms with Crippen LogP contribution in [0.25, 0.3) is 0 Å². The van der Waals surface area contributed by atoms with E-state index in [0.29, 0.717) is 12.4 Å². The van der Waals surface area contributed by atoms with Crippen molar-refractivity contribution in [1.29, 1.82) is 0 Å². The molecule has 1 aliphatic rings. The van der Waals surface area contributed by atoms with Gasteiger partial charge in [0, 0.05) is 18.7 Å². The molecule has 0 aliphatic carbocycles. The minimum Gasteiger partial charge on any atom is -0.489 e. The van der Waals surface area contributed by atoms with Gasteiger partial charge >= 0.3 is 6.18 Å².